The Hall–Kier alpha value is -0.860. The quantitative estimate of drug-likeness (QED) is 0.662. The maximum atomic E-state index is 9.77. The SMILES string of the molecule is CCC(CC)C(NCC(CC)(CC)CO)c1ccccc1. The molecule has 0 aromatic heterocycles. The van der Waals surface area contributed by atoms with Gasteiger partial charge in [0, 0.05) is 24.6 Å². The van der Waals surface area contributed by atoms with Crippen molar-refractivity contribution in [1.82, 2.24) is 5.32 Å². The molecule has 21 heavy (non-hydrogen) atoms. The van der Waals surface area contributed by atoms with Gasteiger partial charge in [0.2, 0.25) is 0 Å². The van der Waals surface area contributed by atoms with Gasteiger partial charge in [-0.2, -0.15) is 0 Å². The van der Waals surface area contributed by atoms with E-state index in [2.05, 4.69) is 63.3 Å². The van der Waals surface area contributed by atoms with E-state index in [1.165, 1.54) is 18.4 Å². The highest BCUT2D eigenvalue weighted by Gasteiger charge is 2.28. The maximum Gasteiger partial charge on any atom is 0.0499 e. The van der Waals surface area contributed by atoms with Crippen molar-refractivity contribution < 1.29 is 5.11 Å². The van der Waals surface area contributed by atoms with Crippen LogP contribution in [0.5, 0.6) is 0 Å². The van der Waals surface area contributed by atoms with Crippen LogP contribution in [-0.4, -0.2) is 18.3 Å². The average Bonchev–Trinajstić information content (AvgIpc) is 2.56. The van der Waals surface area contributed by atoms with Gasteiger partial charge < -0.3 is 10.4 Å². The zero-order valence-corrected chi connectivity index (χ0v) is 14.2. The van der Waals surface area contributed by atoms with E-state index >= 15 is 0 Å². The molecule has 0 aliphatic heterocycles. The van der Waals surface area contributed by atoms with Crippen LogP contribution < -0.4 is 5.32 Å². The summed E-state index contributed by atoms with van der Waals surface area (Å²) in [4.78, 5) is 0. The van der Waals surface area contributed by atoms with Crippen LogP contribution in [0.2, 0.25) is 0 Å². The molecule has 0 bridgehead atoms. The predicted octanol–water partition coefficient (Wildman–Crippen LogP) is 4.55. The summed E-state index contributed by atoms with van der Waals surface area (Å²) in [6.45, 7) is 10.0. The summed E-state index contributed by atoms with van der Waals surface area (Å²) >= 11 is 0. The van der Waals surface area contributed by atoms with Gasteiger partial charge in [0.25, 0.3) is 0 Å². The molecule has 1 rings (SSSR count). The largest absolute Gasteiger partial charge is 0.396 e. The molecule has 2 N–H and O–H groups in total. The maximum absolute atomic E-state index is 9.77. The molecule has 2 heteroatoms. The Morgan fingerprint density at radius 1 is 1.00 bits per heavy atom. The number of hydrogen-bond donors (Lipinski definition) is 2. The van der Waals surface area contributed by atoms with Crippen LogP contribution in [0.4, 0.5) is 0 Å². The highest BCUT2D eigenvalue weighted by Crippen LogP contribution is 2.30. The summed E-state index contributed by atoms with van der Waals surface area (Å²) in [5.74, 6) is 0.637. The molecular weight excluding hydrogens is 258 g/mol. The van der Waals surface area contributed by atoms with Crippen molar-refractivity contribution in [3.05, 3.63) is 35.9 Å². The van der Waals surface area contributed by atoms with E-state index in [1.807, 2.05) is 0 Å². The number of nitrogens with one attached hydrogen (secondary N) is 1. The smallest absolute Gasteiger partial charge is 0.0499 e. The van der Waals surface area contributed by atoms with Gasteiger partial charge in [0.05, 0.1) is 0 Å². The van der Waals surface area contributed by atoms with Gasteiger partial charge in [0.15, 0.2) is 0 Å². The van der Waals surface area contributed by atoms with Crippen molar-refractivity contribution in [2.45, 2.75) is 59.4 Å². The molecule has 0 radical (unpaired) electrons. The van der Waals surface area contributed by atoms with Gasteiger partial charge in [-0.3, -0.25) is 0 Å². The van der Waals surface area contributed by atoms with Gasteiger partial charge in [-0.05, 0) is 24.3 Å². The van der Waals surface area contributed by atoms with E-state index in [0.717, 1.165) is 19.4 Å². The van der Waals surface area contributed by atoms with Crippen LogP contribution in [0, 0.1) is 11.3 Å². The Balaban J connectivity index is 2.88. The van der Waals surface area contributed by atoms with Gasteiger partial charge in [-0.1, -0.05) is 70.9 Å². The normalized spacial score (nSPS) is 13.6. The predicted molar refractivity (Wildman–Crippen MR) is 91.4 cm³/mol. The first-order chi connectivity index (χ1) is 10.2. The lowest BCUT2D eigenvalue weighted by atomic mass is 9.81. The zero-order chi connectivity index (χ0) is 15.7. The lowest BCUT2D eigenvalue weighted by Crippen LogP contribution is -2.40. The van der Waals surface area contributed by atoms with Gasteiger partial charge >= 0.3 is 0 Å². The summed E-state index contributed by atoms with van der Waals surface area (Å²) in [5, 5.41) is 13.5. The molecule has 1 aromatic rings. The first-order valence-electron chi connectivity index (χ1n) is 8.55. The van der Waals surface area contributed by atoms with Crippen LogP contribution in [0.3, 0.4) is 0 Å². The molecule has 1 atom stereocenters. The van der Waals surface area contributed by atoms with E-state index < -0.39 is 0 Å². The molecule has 0 amide bonds. The molecule has 0 heterocycles. The molecule has 0 fully saturated rings. The number of benzene rings is 1. The Labute approximate surface area is 131 Å². The summed E-state index contributed by atoms with van der Waals surface area (Å²) in [5.41, 5.74) is 1.38. The number of hydrogen-bond acceptors (Lipinski definition) is 2. The summed E-state index contributed by atoms with van der Waals surface area (Å²) < 4.78 is 0. The Morgan fingerprint density at radius 3 is 2.00 bits per heavy atom. The van der Waals surface area contributed by atoms with Crippen molar-refractivity contribution in [2.24, 2.45) is 11.3 Å². The second-order valence-electron chi connectivity index (χ2n) is 6.21. The molecule has 0 aliphatic rings. The molecule has 120 valence electrons. The highest BCUT2D eigenvalue weighted by molar-refractivity contribution is 5.19. The minimum atomic E-state index is 0.0130. The summed E-state index contributed by atoms with van der Waals surface area (Å²) in [7, 11) is 0. The van der Waals surface area contributed by atoms with E-state index in [9.17, 15) is 5.11 Å². The van der Waals surface area contributed by atoms with Crippen LogP contribution in [0.1, 0.15) is 65.0 Å². The summed E-state index contributed by atoms with van der Waals surface area (Å²) in [6, 6.07) is 11.1. The van der Waals surface area contributed by atoms with Crippen molar-refractivity contribution in [1.29, 1.82) is 0 Å². The lowest BCUT2D eigenvalue weighted by molar-refractivity contribution is 0.105. The average molecular weight is 291 g/mol. The fraction of sp³-hybridized carbons (Fsp3) is 0.684. The fourth-order valence-corrected chi connectivity index (χ4v) is 3.08. The van der Waals surface area contributed by atoms with Gasteiger partial charge in [0.1, 0.15) is 0 Å². The molecule has 1 unspecified atom stereocenters. The number of aliphatic hydroxyl groups is 1. The second kappa shape index (κ2) is 9.22. The topological polar surface area (TPSA) is 32.3 Å². The van der Waals surface area contributed by atoms with Gasteiger partial charge in [-0.25, -0.2) is 0 Å². The highest BCUT2D eigenvalue weighted by atomic mass is 16.3. The second-order valence-corrected chi connectivity index (χ2v) is 6.21. The summed E-state index contributed by atoms with van der Waals surface area (Å²) in [6.07, 6.45) is 4.37. The van der Waals surface area contributed by atoms with Crippen LogP contribution in [0.25, 0.3) is 0 Å². The Kier molecular flexibility index (Phi) is 7.98. The standard InChI is InChI=1S/C19H33NO/c1-5-16(6-2)18(17-12-10-9-11-13-17)20-14-19(7-3,8-4)15-21/h9-13,16,18,20-21H,5-8,14-15H2,1-4H3. The van der Waals surface area contributed by atoms with Crippen molar-refractivity contribution in [3.8, 4) is 0 Å². The molecule has 0 saturated heterocycles. The van der Waals surface area contributed by atoms with Crippen molar-refractivity contribution in [2.75, 3.05) is 13.2 Å². The zero-order valence-electron chi connectivity index (χ0n) is 14.2. The van der Waals surface area contributed by atoms with Gasteiger partial charge in [-0.15, -0.1) is 0 Å². The molecule has 1 aromatic carbocycles. The first-order valence-corrected chi connectivity index (χ1v) is 8.55. The van der Waals surface area contributed by atoms with E-state index in [1.54, 1.807) is 0 Å². The molecule has 2 nitrogen and oxygen atoms in total. The first kappa shape index (κ1) is 18.2. The molecule has 0 spiro atoms. The molecule has 0 aliphatic carbocycles. The third kappa shape index (κ3) is 4.82. The van der Waals surface area contributed by atoms with Crippen LogP contribution in [-0.2, 0) is 0 Å². The fourth-order valence-electron chi connectivity index (χ4n) is 3.08. The van der Waals surface area contributed by atoms with Crippen LogP contribution >= 0.6 is 0 Å². The van der Waals surface area contributed by atoms with Crippen LogP contribution in [0.15, 0.2) is 30.3 Å². The third-order valence-electron chi connectivity index (χ3n) is 5.21. The third-order valence-corrected chi connectivity index (χ3v) is 5.21. The Bertz CT molecular complexity index is 360. The number of aliphatic hydroxyl groups excluding tert-OH is 1. The number of rotatable bonds is 10. The van der Waals surface area contributed by atoms with Crippen molar-refractivity contribution >= 4 is 0 Å². The molecular formula is C19H33NO. The minimum Gasteiger partial charge on any atom is -0.396 e. The monoisotopic (exact) mass is 291 g/mol. The van der Waals surface area contributed by atoms with E-state index in [0.29, 0.717) is 12.0 Å². The van der Waals surface area contributed by atoms with E-state index in [4.69, 9.17) is 0 Å². The Morgan fingerprint density at radius 2 is 1.57 bits per heavy atom. The lowest BCUT2D eigenvalue weighted by Gasteiger charge is -2.34. The minimum absolute atomic E-state index is 0.0130. The van der Waals surface area contributed by atoms with E-state index in [-0.39, 0.29) is 12.0 Å². The van der Waals surface area contributed by atoms with Crippen molar-refractivity contribution in [3.63, 3.8) is 0 Å². The molecule has 0 saturated carbocycles.